The summed E-state index contributed by atoms with van der Waals surface area (Å²) in [5.41, 5.74) is 0.329. The average molecular weight is 296 g/mol. The highest BCUT2D eigenvalue weighted by Gasteiger charge is 2.32. The maximum Gasteiger partial charge on any atom is 0.271 e. The van der Waals surface area contributed by atoms with Crippen molar-refractivity contribution in [2.24, 2.45) is 17.8 Å². The second-order valence-electron chi connectivity index (χ2n) is 6.13. The van der Waals surface area contributed by atoms with Gasteiger partial charge in [0.1, 0.15) is 10.8 Å². The summed E-state index contributed by atoms with van der Waals surface area (Å²) in [6.45, 7) is 6.70. The van der Waals surface area contributed by atoms with Crippen molar-refractivity contribution in [3.05, 3.63) is 23.2 Å². The Hall–Kier alpha value is -1.16. The highest BCUT2D eigenvalue weighted by molar-refractivity contribution is 6.29. The first kappa shape index (κ1) is 15.2. The SMILES string of the molecule is CC1CCC(C(C)C)C(NC(=O)c2cnc(Cl)cn2)C1. The Morgan fingerprint density at radius 2 is 2.10 bits per heavy atom. The zero-order valence-corrected chi connectivity index (χ0v) is 13.0. The van der Waals surface area contributed by atoms with Gasteiger partial charge in [0.05, 0.1) is 12.4 Å². The second-order valence-corrected chi connectivity index (χ2v) is 6.52. The van der Waals surface area contributed by atoms with Gasteiger partial charge in [0.15, 0.2) is 0 Å². The van der Waals surface area contributed by atoms with E-state index in [1.165, 1.54) is 25.2 Å². The van der Waals surface area contributed by atoms with Gasteiger partial charge in [-0.25, -0.2) is 9.97 Å². The minimum Gasteiger partial charge on any atom is -0.348 e. The lowest BCUT2D eigenvalue weighted by Crippen LogP contribution is -2.45. The molecule has 0 aromatic carbocycles. The van der Waals surface area contributed by atoms with E-state index in [-0.39, 0.29) is 11.9 Å². The molecule has 1 aromatic heterocycles. The van der Waals surface area contributed by atoms with Crippen LogP contribution in [0.25, 0.3) is 0 Å². The van der Waals surface area contributed by atoms with Crippen LogP contribution in [-0.2, 0) is 0 Å². The molecule has 20 heavy (non-hydrogen) atoms. The van der Waals surface area contributed by atoms with Gasteiger partial charge in [0, 0.05) is 6.04 Å². The fraction of sp³-hybridized carbons (Fsp3) is 0.667. The van der Waals surface area contributed by atoms with Crippen molar-refractivity contribution in [3.8, 4) is 0 Å². The molecule has 110 valence electrons. The Kier molecular flexibility index (Phi) is 4.97. The first-order valence-electron chi connectivity index (χ1n) is 7.25. The Balaban J connectivity index is 2.05. The Morgan fingerprint density at radius 1 is 1.35 bits per heavy atom. The van der Waals surface area contributed by atoms with Gasteiger partial charge in [-0.3, -0.25) is 4.79 Å². The van der Waals surface area contributed by atoms with Crippen molar-refractivity contribution in [2.75, 3.05) is 0 Å². The van der Waals surface area contributed by atoms with Crippen LogP contribution >= 0.6 is 11.6 Å². The predicted molar refractivity (Wildman–Crippen MR) is 79.6 cm³/mol. The van der Waals surface area contributed by atoms with Gasteiger partial charge in [-0.1, -0.05) is 38.8 Å². The second kappa shape index (κ2) is 6.53. The van der Waals surface area contributed by atoms with Crippen molar-refractivity contribution in [3.63, 3.8) is 0 Å². The van der Waals surface area contributed by atoms with Crippen LogP contribution in [-0.4, -0.2) is 21.9 Å². The molecule has 0 aliphatic heterocycles. The third kappa shape index (κ3) is 3.69. The molecule has 4 nitrogen and oxygen atoms in total. The van der Waals surface area contributed by atoms with E-state index in [1.807, 2.05) is 0 Å². The summed E-state index contributed by atoms with van der Waals surface area (Å²) >= 11 is 5.69. The van der Waals surface area contributed by atoms with E-state index >= 15 is 0 Å². The van der Waals surface area contributed by atoms with E-state index in [2.05, 4.69) is 36.1 Å². The van der Waals surface area contributed by atoms with Crippen LogP contribution in [0.15, 0.2) is 12.4 Å². The molecule has 1 N–H and O–H groups in total. The first-order chi connectivity index (χ1) is 9.47. The van der Waals surface area contributed by atoms with Crippen LogP contribution in [0.3, 0.4) is 0 Å². The molecule has 0 radical (unpaired) electrons. The summed E-state index contributed by atoms with van der Waals surface area (Å²) in [6.07, 6.45) is 6.29. The van der Waals surface area contributed by atoms with E-state index in [0.29, 0.717) is 28.6 Å². The molecule has 1 saturated carbocycles. The third-order valence-electron chi connectivity index (χ3n) is 4.19. The topological polar surface area (TPSA) is 54.9 Å². The van der Waals surface area contributed by atoms with Gasteiger partial charge >= 0.3 is 0 Å². The molecule has 1 aliphatic carbocycles. The van der Waals surface area contributed by atoms with Gasteiger partial charge < -0.3 is 5.32 Å². The molecule has 0 saturated heterocycles. The van der Waals surface area contributed by atoms with E-state index in [4.69, 9.17) is 11.6 Å². The Labute approximate surface area is 125 Å². The van der Waals surface area contributed by atoms with E-state index in [1.54, 1.807) is 0 Å². The molecule has 3 unspecified atom stereocenters. The average Bonchev–Trinajstić information content (AvgIpc) is 2.39. The number of aromatic nitrogens is 2. The van der Waals surface area contributed by atoms with Crippen molar-refractivity contribution < 1.29 is 4.79 Å². The van der Waals surface area contributed by atoms with E-state index < -0.39 is 0 Å². The van der Waals surface area contributed by atoms with E-state index in [9.17, 15) is 4.79 Å². The van der Waals surface area contributed by atoms with Crippen LogP contribution < -0.4 is 5.32 Å². The number of hydrogen-bond acceptors (Lipinski definition) is 3. The minimum absolute atomic E-state index is 0.154. The van der Waals surface area contributed by atoms with Gasteiger partial charge in [-0.15, -0.1) is 0 Å². The van der Waals surface area contributed by atoms with Crippen molar-refractivity contribution in [1.29, 1.82) is 0 Å². The van der Waals surface area contributed by atoms with Crippen LogP contribution in [0.1, 0.15) is 50.5 Å². The van der Waals surface area contributed by atoms with Crippen LogP contribution in [0.4, 0.5) is 0 Å². The van der Waals surface area contributed by atoms with Crippen molar-refractivity contribution >= 4 is 17.5 Å². The Morgan fingerprint density at radius 3 is 2.70 bits per heavy atom. The van der Waals surface area contributed by atoms with Crippen LogP contribution in [0.5, 0.6) is 0 Å². The summed E-state index contributed by atoms with van der Waals surface area (Å²) in [4.78, 5) is 20.2. The summed E-state index contributed by atoms with van der Waals surface area (Å²) in [5.74, 6) is 1.62. The number of nitrogens with one attached hydrogen (secondary N) is 1. The highest BCUT2D eigenvalue weighted by Crippen LogP contribution is 2.33. The molecule has 5 heteroatoms. The van der Waals surface area contributed by atoms with Crippen molar-refractivity contribution in [1.82, 2.24) is 15.3 Å². The van der Waals surface area contributed by atoms with Gasteiger partial charge in [0.25, 0.3) is 5.91 Å². The highest BCUT2D eigenvalue weighted by atomic mass is 35.5. The normalized spacial score (nSPS) is 26.6. The number of hydrogen-bond donors (Lipinski definition) is 1. The Bertz CT molecular complexity index is 461. The van der Waals surface area contributed by atoms with Crippen molar-refractivity contribution in [2.45, 2.75) is 46.1 Å². The summed E-state index contributed by atoms with van der Waals surface area (Å²) in [7, 11) is 0. The molecule has 3 atom stereocenters. The molecule has 0 spiro atoms. The molecule has 1 aromatic rings. The molecular formula is C15H22ClN3O. The maximum atomic E-state index is 12.2. The molecule has 2 rings (SSSR count). The summed E-state index contributed by atoms with van der Waals surface area (Å²) < 4.78 is 0. The zero-order valence-electron chi connectivity index (χ0n) is 12.3. The molecule has 1 fully saturated rings. The quantitative estimate of drug-likeness (QED) is 0.930. The number of carbonyl (C=O) groups excluding carboxylic acids is 1. The lowest BCUT2D eigenvalue weighted by molar-refractivity contribution is 0.0862. The molecular weight excluding hydrogens is 274 g/mol. The smallest absolute Gasteiger partial charge is 0.271 e. The number of rotatable bonds is 3. The molecule has 0 bridgehead atoms. The standard InChI is InChI=1S/C15H22ClN3O/c1-9(2)11-5-4-10(3)6-12(11)19-15(20)13-7-18-14(16)8-17-13/h7-12H,4-6H2,1-3H3,(H,19,20). The lowest BCUT2D eigenvalue weighted by atomic mass is 9.74. The monoisotopic (exact) mass is 295 g/mol. The molecule has 1 amide bonds. The minimum atomic E-state index is -0.154. The zero-order chi connectivity index (χ0) is 14.7. The number of nitrogens with zero attached hydrogens (tertiary/aromatic N) is 2. The molecule has 1 heterocycles. The largest absolute Gasteiger partial charge is 0.348 e. The summed E-state index contributed by atoms with van der Waals surface area (Å²) in [6, 6.07) is 0.226. The maximum absolute atomic E-state index is 12.2. The van der Waals surface area contributed by atoms with Gasteiger partial charge in [-0.2, -0.15) is 0 Å². The van der Waals surface area contributed by atoms with Gasteiger partial charge in [0.2, 0.25) is 0 Å². The summed E-state index contributed by atoms with van der Waals surface area (Å²) in [5, 5.41) is 3.43. The fourth-order valence-electron chi connectivity index (χ4n) is 3.04. The van der Waals surface area contributed by atoms with Crippen LogP contribution in [0.2, 0.25) is 5.15 Å². The van der Waals surface area contributed by atoms with Crippen LogP contribution in [0, 0.1) is 17.8 Å². The fourth-order valence-corrected chi connectivity index (χ4v) is 3.14. The molecule has 1 aliphatic rings. The number of halogens is 1. The number of carbonyl (C=O) groups is 1. The third-order valence-corrected chi connectivity index (χ3v) is 4.39. The predicted octanol–water partition coefficient (Wildman–Crippen LogP) is 3.32. The number of amides is 1. The van der Waals surface area contributed by atoms with E-state index in [0.717, 1.165) is 6.42 Å². The first-order valence-corrected chi connectivity index (χ1v) is 7.63. The lowest BCUT2D eigenvalue weighted by Gasteiger charge is -2.37. The van der Waals surface area contributed by atoms with Gasteiger partial charge in [-0.05, 0) is 30.6 Å².